The zero-order chi connectivity index (χ0) is 20.6. The summed E-state index contributed by atoms with van der Waals surface area (Å²) in [4.78, 5) is 2.18. The normalized spacial score (nSPS) is 13.7. The monoisotopic (exact) mass is 392 g/mol. The highest BCUT2D eigenvalue weighted by molar-refractivity contribution is 5.87. The van der Waals surface area contributed by atoms with Crippen LogP contribution in [0.4, 0.5) is 10.2 Å². The Morgan fingerprint density at radius 2 is 1.97 bits per heavy atom. The third-order valence-corrected chi connectivity index (χ3v) is 4.82. The van der Waals surface area contributed by atoms with Crippen molar-refractivity contribution in [1.29, 1.82) is 0 Å². The van der Waals surface area contributed by atoms with Crippen LogP contribution < -0.4 is 5.32 Å². The van der Waals surface area contributed by atoms with E-state index in [2.05, 4.69) is 48.4 Å². The van der Waals surface area contributed by atoms with E-state index in [0.717, 1.165) is 30.0 Å². The van der Waals surface area contributed by atoms with Crippen LogP contribution in [-0.2, 0) is 0 Å². The standard InChI is InChI=1S/C22H25FN6/c1-22(2,14-28(3)4)13-24-20-18(15-7-5-8-15)12-19-25-26-21(29(19)27-20)16-9-6-10-17(23)11-16/h5-12H,13-14H2,1-4H3,(H,24,27). The maximum atomic E-state index is 13.7. The Hall–Kier alpha value is -3.06. The molecule has 29 heavy (non-hydrogen) atoms. The Morgan fingerprint density at radius 1 is 1.17 bits per heavy atom. The van der Waals surface area contributed by atoms with E-state index in [4.69, 9.17) is 5.10 Å². The molecule has 2 heterocycles. The third kappa shape index (κ3) is 4.05. The quantitative estimate of drug-likeness (QED) is 0.661. The van der Waals surface area contributed by atoms with E-state index in [9.17, 15) is 4.39 Å². The molecule has 0 spiro atoms. The molecule has 1 aliphatic carbocycles. The van der Waals surface area contributed by atoms with Crippen molar-refractivity contribution in [3.63, 3.8) is 0 Å². The second-order valence-electron chi connectivity index (χ2n) is 8.45. The van der Waals surface area contributed by atoms with Crippen molar-refractivity contribution in [2.45, 2.75) is 13.8 Å². The summed E-state index contributed by atoms with van der Waals surface area (Å²) in [6.07, 6.45) is 6.10. The number of halogens is 1. The molecule has 4 rings (SSSR count). The first kappa shape index (κ1) is 19.3. The van der Waals surface area contributed by atoms with Crippen molar-refractivity contribution in [3.8, 4) is 11.4 Å². The number of hydrogen-bond acceptors (Lipinski definition) is 5. The number of nitrogens with zero attached hydrogens (tertiary/aromatic N) is 5. The van der Waals surface area contributed by atoms with Crippen LogP contribution in [0.3, 0.4) is 0 Å². The summed E-state index contributed by atoms with van der Waals surface area (Å²) in [6, 6.07) is 8.29. The second-order valence-corrected chi connectivity index (χ2v) is 8.45. The van der Waals surface area contributed by atoms with E-state index in [-0.39, 0.29) is 11.2 Å². The molecule has 0 bridgehead atoms. The fraction of sp³-hybridized carbons (Fsp3) is 0.318. The second kappa shape index (κ2) is 7.40. The van der Waals surface area contributed by atoms with Crippen LogP contribution in [0.1, 0.15) is 19.4 Å². The van der Waals surface area contributed by atoms with Crippen LogP contribution >= 0.6 is 0 Å². The minimum absolute atomic E-state index is 0.0554. The van der Waals surface area contributed by atoms with Gasteiger partial charge in [0, 0.05) is 24.2 Å². The molecule has 0 amide bonds. The van der Waals surface area contributed by atoms with Gasteiger partial charge in [0.1, 0.15) is 5.82 Å². The lowest BCUT2D eigenvalue weighted by Gasteiger charge is -2.29. The third-order valence-electron chi connectivity index (χ3n) is 4.82. The Morgan fingerprint density at radius 3 is 2.62 bits per heavy atom. The molecule has 7 heteroatoms. The molecule has 1 aliphatic rings. The maximum Gasteiger partial charge on any atom is 0.185 e. The van der Waals surface area contributed by atoms with Crippen LogP contribution in [0.2, 0.25) is 0 Å². The first-order chi connectivity index (χ1) is 13.8. The van der Waals surface area contributed by atoms with Crippen LogP contribution in [0.15, 0.2) is 48.6 Å². The molecule has 0 saturated carbocycles. The largest absolute Gasteiger partial charge is 0.368 e. The summed E-state index contributed by atoms with van der Waals surface area (Å²) in [5.74, 6) is 0.960. The summed E-state index contributed by atoms with van der Waals surface area (Å²) in [5.41, 5.74) is 3.40. The minimum Gasteiger partial charge on any atom is -0.368 e. The molecule has 2 aromatic heterocycles. The average Bonchev–Trinajstić information content (AvgIpc) is 3.00. The highest BCUT2D eigenvalue weighted by atomic mass is 19.1. The Bertz CT molecular complexity index is 1110. The van der Waals surface area contributed by atoms with Gasteiger partial charge in [-0.25, -0.2) is 4.39 Å². The van der Waals surface area contributed by atoms with Gasteiger partial charge < -0.3 is 10.2 Å². The van der Waals surface area contributed by atoms with Gasteiger partial charge in [-0.1, -0.05) is 44.2 Å². The Kier molecular flexibility index (Phi) is 4.92. The molecule has 0 atom stereocenters. The molecule has 3 aromatic rings. The lowest BCUT2D eigenvalue weighted by atomic mass is 9.92. The molecule has 0 radical (unpaired) electrons. The molecular weight excluding hydrogens is 367 g/mol. The number of hydrogen-bond donors (Lipinski definition) is 1. The Balaban J connectivity index is 1.74. The summed E-state index contributed by atoms with van der Waals surface area (Å²) < 4.78 is 15.4. The average molecular weight is 392 g/mol. The van der Waals surface area contributed by atoms with Crippen molar-refractivity contribution in [2.75, 3.05) is 32.5 Å². The molecule has 1 N–H and O–H groups in total. The van der Waals surface area contributed by atoms with Gasteiger partial charge >= 0.3 is 0 Å². The number of benzene rings is 1. The number of nitrogens with one attached hydrogen (secondary N) is 1. The lowest BCUT2D eigenvalue weighted by molar-refractivity contribution is 0.254. The van der Waals surface area contributed by atoms with E-state index >= 15 is 0 Å². The number of allylic oxidation sites excluding steroid dienone is 4. The van der Waals surface area contributed by atoms with Gasteiger partial charge in [0.25, 0.3) is 0 Å². The highest BCUT2D eigenvalue weighted by Gasteiger charge is 2.22. The first-order valence-electron chi connectivity index (χ1n) is 9.62. The van der Waals surface area contributed by atoms with Gasteiger partial charge in [-0.15, -0.1) is 15.3 Å². The summed E-state index contributed by atoms with van der Waals surface area (Å²) >= 11 is 0. The molecule has 150 valence electrons. The van der Waals surface area contributed by atoms with Gasteiger partial charge in [0.2, 0.25) is 0 Å². The minimum atomic E-state index is -0.315. The Labute approximate surface area is 169 Å². The SMILES string of the molecule is CN(C)CC(C)(C)CNc1nn2c(-c3cccc(F)c3)nnc2cc1C1=CC=C1. The van der Waals surface area contributed by atoms with Gasteiger partial charge in [0.05, 0.1) is 0 Å². The van der Waals surface area contributed by atoms with Gasteiger partial charge in [-0.3, -0.25) is 0 Å². The zero-order valence-corrected chi connectivity index (χ0v) is 17.1. The molecule has 1 aromatic carbocycles. The van der Waals surface area contributed by atoms with Gasteiger partial charge in [-0.05, 0) is 43.3 Å². The van der Waals surface area contributed by atoms with E-state index in [1.54, 1.807) is 16.6 Å². The molecular formula is C22H25FN6. The van der Waals surface area contributed by atoms with Crippen molar-refractivity contribution in [2.24, 2.45) is 5.41 Å². The molecule has 0 fully saturated rings. The number of rotatable bonds is 7. The van der Waals surface area contributed by atoms with E-state index in [0.29, 0.717) is 17.0 Å². The smallest absolute Gasteiger partial charge is 0.185 e. The number of aromatic nitrogens is 4. The zero-order valence-electron chi connectivity index (χ0n) is 17.1. The van der Waals surface area contributed by atoms with E-state index in [1.807, 2.05) is 24.3 Å². The van der Waals surface area contributed by atoms with Crippen molar-refractivity contribution in [1.82, 2.24) is 24.7 Å². The number of anilines is 1. The van der Waals surface area contributed by atoms with Crippen LogP contribution in [-0.4, -0.2) is 51.9 Å². The van der Waals surface area contributed by atoms with E-state index < -0.39 is 0 Å². The van der Waals surface area contributed by atoms with Crippen molar-refractivity contribution < 1.29 is 4.39 Å². The summed E-state index contributed by atoms with van der Waals surface area (Å²) in [7, 11) is 4.15. The fourth-order valence-corrected chi connectivity index (χ4v) is 3.60. The molecule has 6 nitrogen and oxygen atoms in total. The molecule has 0 unspecified atom stereocenters. The first-order valence-corrected chi connectivity index (χ1v) is 9.62. The lowest BCUT2D eigenvalue weighted by Crippen LogP contribution is -2.34. The maximum absolute atomic E-state index is 13.7. The van der Waals surface area contributed by atoms with Gasteiger partial charge in [-0.2, -0.15) is 4.52 Å². The summed E-state index contributed by atoms with van der Waals surface area (Å²) in [6.45, 7) is 6.14. The molecule has 0 aliphatic heterocycles. The fourth-order valence-electron chi connectivity index (χ4n) is 3.60. The topological polar surface area (TPSA) is 58.4 Å². The van der Waals surface area contributed by atoms with Crippen molar-refractivity contribution in [3.05, 3.63) is 59.9 Å². The van der Waals surface area contributed by atoms with Crippen molar-refractivity contribution >= 4 is 17.0 Å². The number of fused-ring (bicyclic) bond motifs is 1. The highest BCUT2D eigenvalue weighted by Crippen LogP contribution is 2.30. The predicted molar refractivity (Wildman–Crippen MR) is 114 cm³/mol. The summed E-state index contributed by atoms with van der Waals surface area (Å²) in [5, 5.41) is 16.8. The van der Waals surface area contributed by atoms with E-state index in [1.165, 1.54) is 12.1 Å². The molecule has 0 saturated heterocycles. The van der Waals surface area contributed by atoms with Crippen LogP contribution in [0.25, 0.3) is 22.6 Å². The van der Waals surface area contributed by atoms with Crippen LogP contribution in [0, 0.1) is 11.2 Å². The predicted octanol–water partition coefficient (Wildman–Crippen LogP) is 3.88. The van der Waals surface area contributed by atoms with Gasteiger partial charge in [0.15, 0.2) is 17.3 Å². The van der Waals surface area contributed by atoms with Crippen LogP contribution in [0.5, 0.6) is 0 Å².